The molecule has 1 aromatic heterocycles. The summed E-state index contributed by atoms with van der Waals surface area (Å²) in [6.07, 6.45) is 2.39. The maximum Gasteiger partial charge on any atom is 0.348 e. The van der Waals surface area contributed by atoms with Crippen LogP contribution in [0, 0.1) is 0 Å². The summed E-state index contributed by atoms with van der Waals surface area (Å²) in [4.78, 5) is 13.4. The van der Waals surface area contributed by atoms with Gasteiger partial charge in [-0.2, -0.15) is 0 Å². The number of hydrogen-bond acceptors (Lipinski definition) is 4. The minimum absolute atomic E-state index is 0.202. The van der Waals surface area contributed by atoms with Gasteiger partial charge >= 0.3 is 5.97 Å². The topological polar surface area (TPSA) is 38.3 Å². The van der Waals surface area contributed by atoms with Gasteiger partial charge in [-0.25, -0.2) is 4.79 Å². The molecule has 0 aliphatic carbocycles. The van der Waals surface area contributed by atoms with Gasteiger partial charge in [0.05, 0.1) is 6.61 Å². The molecule has 0 saturated carbocycles. The van der Waals surface area contributed by atoms with Crippen molar-refractivity contribution >= 4 is 17.3 Å². The summed E-state index contributed by atoms with van der Waals surface area (Å²) in [6, 6.07) is 4.33. The standard InChI is InChI=1S/C11H15NO2S/c1-2-14-11(13)10-6-5-9(15-10)8-4-3-7-12-8/h5-6,8,12H,2-4,7H2,1H3. The van der Waals surface area contributed by atoms with Crippen molar-refractivity contribution in [3.05, 3.63) is 21.9 Å². The van der Waals surface area contributed by atoms with Crippen LogP contribution in [0.2, 0.25) is 0 Å². The van der Waals surface area contributed by atoms with Crippen molar-refractivity contribution in [1.29, 1.82) is 0 Å². The van der Waals surface area contributed by atoms with E-state index in [4.69, 9.17) is 4.74 Å². The first-order chi connectivity index (χ1) is 7.31. The van der Waals surface area contributed by atoms with E-state index >= 15 is 0 Å². The smallest absolute Gasteiger partial charge is 0.348 e. The fraction of sp³-hybridized carbons (Fsp3) is 0.545. The molecule has 1 aliphatic rings. The first-order valence-electron chi connectivity index (χ1n) is 5.31. The Bertz CT molecular complexity index is 342. The molecular weight excluding hydrogens is 210 g/mol. The van der Waals surface area contributed by atoms with Gasteiger partial charge in [-0.3, -0.25) is 0 Å². The van der Waals surface area contributed by atoms with Crippen LogP contribution in [-0.4, -0.2) is 19.1 Å². The number of rotatable bonds is 3. The molecular formula is C11H15NO2S. The van der Waals surface area contributed by atoms with E-state index < -0.39 is 0 Å². The van der Waals surface area contributed by atoms with Gasteiger partial charge in [0.1, 0.15) is 4.88 Å². The molecule has 1 unspecified atom stereocenters. The lowest BCUT2D eigenvalue weighted by Crippen LogP contribution is -2.11. The van der Waals surface area contributed by atoms with E-state index in [0.717, 1.165) is 6.54 Å². The highest BCUT2D eigenvalue weighted by molar-refractivity contribution is 7.14. The molecule has 1 atom stereocenters. The fourth-order valence-electron chi connectivity index (χ4n) is 1.78. The molecule has 0 amide bonds. The van der Waals surface area contributed by atoms with Crippen LogP contribution in [0.3, 0.4) is 0 Å². The minimum atomic E-state index is -0.202. The molecule has 1 aliphatic heterocycles. The third kappa shape index (κ3) is 2.38. The Morgan fingerprint density at radius 1 is 1.67 bits per heavy atom. The largest absolute Gasteiger partial charge is 0.462 e. The molecule has 2 heterocycles. The average molecular weight is 225 g/mol. The summed E-state index contributed by atoms with van der Waals surface area (Å²) in [5.41, 5.74) is 0. The predicted molar refractivity (Wildman–Crippen MR) is 60.3 cm³/mol. The Balaban J connectivity index is 2.06. The second-order valence-electron chi connectivity index (χ2n) is 3.57. The van der Waals surface area contributed by atoms with E-state index in [1.165, 1.54) is 17.7 Å². The van der Waals surface area contributed by atoms with Crippen LogP contribution in [0.15, 0.2) is 12.1 Å². The Hall–Kier alpha value is -0.870. The summed E-state index contributed by atoms with van der Waals surface area (Å²) in [5.74, 6) is -0.202. The second-order valence-corrected chi connectivity index (χ2v) is 4.69. The lowest BCUT2D eigenvalue weighted by Gasteiger charge is -2.05. The molecule has 3 nitrogen and oxygen atoms in total. The molecule has 0 spiro atoms. The molecule has 82 valence electrons. The third-order valence-electron chi connectivity index (χ3n) is 2.51. The van der Waals surface area contributed by atoms with Crippen LogP contribution in [0.5, 0.6) is 0 Å². The molecule has 2 rings (SSSR count). The lowest BCUT2D eigenvalue weighted by molar-refractivity contribution is 0.0532. The van der Waals surface area contributed by atoms with Crippen molar-refractivity contribution in [3.63, 3.8) is 0 Å². The molecule has 1 aromatic rings. The zero-order chi connectivity index (χ0) is 10.7. The van der Waals surface area contributed by atoms with E-state index in [-0.39, 0.29) is 5.97 Å². The number of ether oxygens (including phenoxy) is 1. The summed E-state index contributed by atoms with van der Waals surface area (Å²) in [6.45, 7) is 3.34. The number of carbonyl (C=O) groups excluding carboxylic acids is 1. The molecule has 0 aromatic carbocycles. The first kappa shape index (κ1) is 10.6. The number of esters is 1. The number of nitrogens with one attached hydrogen (secondary N) is 1. The number of thiophene rings is 1. The molecule has 0 radical (unpaired) electrons. The van der Waals surface area contributed by atoms with E-state index in [9.17, 15) is 4.79 Å². The SMILES string of the molecule is CCOC(=O)c1ccc(C2CCCN2)s1. The summed E-state index contributed by atoms with van der Waals surface area (Å²) in [7, 11) is 0. The Labute approximate surface area is 93.4 Å². The van der Waals surface area contributed by atoms with Crippen molar-refractivity contribution in [3.8, 4) is 0 Å². The third-order valence-corrected chi connectivity index (χ3v) is 3.69. The first-order valence-corrected chi connectivity index (χ1v) is 6.13. The van der Waals surface area contributed by atoms with Crippen molar-refractivity contribution in [2.45, 2.75) is 25.8 Å². The summed E-state index contributed by atoms with van der Waals surface area (Å²) >= 11 is 1.54. The normalized spacial score (nSPS) is 20.5. The van der Waals surface area contributed by atoms with Gasteiger partial charge in [-0.05, 0) is 38.4 Å². The van der Waals surface area contributed by atoms with Crippen LogP contribution in [-0.2, 0) is 4.74 Å². The van der Waals surface area contributed by atoms with Crippen LogP contribution in [0.1, 0.15) is 40.4 Å². The predicted octanol–water partition coefficient (Wildman–Crippen LogP) is 2.35. The minimum Gasteiger partial charge on any atom is -0.462 e. The maximum atomic E-state index is 11.4. The van der Waals surface area contributed by atoms with Gasteiger partial charge < -0.3 is 10.1 Å². The Morgan fingerprint density at radius 3 is 3.20 bits per heavy atom. The van der Waals surface area contributed by atoms with E-state index in [1.807, 2.05) is 19.1 Å². The monoisotopic (exact) mass is 225 g/mol. The number of hydrogen-bond donors (Lipinski definition) is 1. The van der Waals surface area contributed by atoms with E-state index in [2.05, 4.69) is 5.32 Å². The summed E-state index contributed by atoms with van der Waals surface area (Å²) < 4.78 is 4.95. The quantitative estimate of drug-likeness (QED) is 0.802. The molecule has 4 heteroatoms. The van der Waals surface area contributed by atoms with Crippen LogP contribution >= 0.6 is 11.3 Å². The van der Waals surface area contributed by atoms with Crippen LogP contribution < -0.4 is 5.32 Å². The molecule has 0 bridgehead atoms. The maximum absolute atomic E-state index is 11.4. The fourth-order valence-corrected chi connectivity index (χ4v) is 2.79. The highest BCUT2D eigenvalue weighted by atomic mass is 32.1. The zero-order valence-corrected chi connectivity index (χ0v) is 9.60. The van der Waals surface area contributed by atoms with E-state index in [1.54, 1.807) is 11.3 Å². The van der Waals surface area contributed by atoms with Crippen molar-refractivity contribution < 1.29 is 9.53 Å². The van der Waals surface area contributed by atoms with Crippen molar-refractivity contribution in [2.24, 2.45) is 0 Å². The van der Waals surface area contributed by atoms with Crippen molar-refractivity contribution in [2.75, 3.05) is 13.2 Å². The Kier molecular flexibility index (Phi) is 3.38. The molecule has 15 heavy (non-hydrogen) atoms. The average Bonchev–Trinajstić information content (AvgIpc) is 2.89. The summed E-state index contributed by atoms with van der Waals surface area (Å²) in [5, 5.41) is 3.42. The van der Waals surface area contributed by atoms with E-state index in [0.29, 0.717) is 17.5 Å². The highest BCUT2D eigenvalue weighted by Crippen LogP contribution is 2.29. The number of carbonyl (C=O) groups is 1. The highest BCUT2D eigenvalue weighted by Gasteiger charge is 2.19. The molecule has 1 fully saturated rings. The van der Waals surface area contributed by atoms with Gasteiger partial charge in [0.15, 0.2) is 0 Å². The van der Waals surface area contributed by atoms with Crippen LogP contribution in [0.25, 0.3) is 0 Å². The van der Waals surface area contributed by atoms with Gasteiger partial charge in [0.25, 0.3) is 0 Å². The Morgan fingerprint density at radius 2 is 2.53 bits per heavy atom. The zero-order valence-electron chi connectivity index (χ0n) is 8.79. The van der Waals surface area contributed by atoms with Gasteiger partial charge in [-0.15, -0.1) is 11.3 Å². The second kappa shape index (κ2) is 4.77. The molecule has 1 N–H and O–H groups in total. The lowest BCUT2D eigenvalue weighted by atomic mass is 10.2. The molecule has 1 saturated heterocycles. The van der Waals surface area contributed by atoms with Gasteiger partial charge in [0, 0.05) is 10.9 Å². The van der Waals surface area contributed by atoms with Crippen LogP contribution in [0.4, 0.5) is 0 Å². The van der Waals surface area contributed by atoms with Gasteiger partial charge in [0.2, 0.25) is 0 Å². The van der Waals surface area contributed by atoms with Crippen molar-refractivity contribution in [1.82, 2.24) is 5.32 Å². The van der Waals surface area contributed by atoms with Gasteiger partial charge in [-0.1, -0.05) is 0 Å².